The van der Waals surface area contributed by atoms with Gasteiger partial charge < -0.3 is 14.2 Å². The number of fused-ring (bicyclic) bond motifs is 4. The SMILES string of the molecule is COC(=O)C1CC2=CC(=O)CC[C@]2(C)C23OC2C[C@@]2(C)C(CC[C@@]24CCC(=O)O4)C13. The second-order valence-electron chi connectivity index (χ2n) is 11.0. The highest BCUT2D eigenvalue weighted by molar-refractivity contribution is 5.92. The summed E-state index contributed by atoms with van der Waals surface area (Å²) in [5, 5.41) is 0. The largest absolute Gasteiger partial charge is 0.469 e. The van der Waals surface area contributed by atoms with Crippen LogP contribution in [-0.2, 0) is 28.6 Å². The molecular weight excluding hydrogens is 384 g/mol. The zero-order valence-corrected chi connectivity index (χ0v) is 18.0. The topological polar surface area (TPSA) is 82.2 Å². The van der Waals surface area contributed by atoms with Crippen LogP contribution in [0.2, 0.25) is 0 Å². The Morgan fingerprint density at radius 2 is 1.97 bits per heavy atom. The Labute approximate surface area is 176 Å². The molecular formula is C24H30O6. The van der Waals surface area contributed by atoms with Gasteiger partial charge in [0.05, 0.1) is 19.1 Å². The van der Waals surface area contributed by atoms with E-state index in [9.17, 15) is 14.4 Å². The van der Waals surface area contributed by atoms with Crippen LogP contribution < -0.4 is 0 Å². The van der Waals surface area contributed by atoms with Crippen molar-refractivity contribution < 1.29 is 28.6 Å². The van der Waals surface area contributed by atoms with Crippen LogP contribution in [0, 0.1) is 28.6 Å². The third kappa shape index (κ3) is 1.94. The molecule has 162 valence electrons. The van der Waals surface area contributed by atoms with Crippen LogP contribution in [0.5, 0.6) is 0 Å². The lowest BCUT2D eigenvalue weighted by Gasteiger charge is -2.58. The molecule has 0 bridgehead atoms. The number of carbonyl (C=O) groups is 3. The molecule has 3 saturated carbocycles. The predicted octanol–water partition coefficient (Wildman–Crippen LogP) is 3.12. The van der Waals surface area contributed by atoms with E-state index in [0.29, 0.717) is 19.3 Å². The van der Waals surface area contributed by atoms with E-state index in [1.54, 1.807) is 6.08 Å². The van der Waals surface area contributed by atoms with Crippen molar-refractivity contribution in [1.82, 2.24) is 0 Å². The van der Waals surface area contributed by atoms with Crippen LogP contribution in [0.25, 0.3) is 0 Å². The lowest BCUT2D eigenvalue weighted by atomic mass is 9.43. The zero-order chi connectivity index (χ0) is 21.1. The molecule has 0 aromatic carbocycles. The summed E-state index contributed by atoms with van der Waals surface area (Å²) in [4.78, 5) is 37.4. The minimum atomic E-state index is -0.424. The maximum absolute atomic E-state index is 13.0. The molecule has 0 N–H and O–H groups in total. The molecule has 5 fully saturated rings. The molecule has 2 aliphatic heterocycles. The number of carbonyl (C=O) groups excluding carboxylic acids is 3. The molecule has 0 aromatic rings. The summed E-state index contributed by atoms with van der Waals surface area (Å²) >= 11 is 0. The van der Waals surface area contributed by atoms with E-state index < -0.39 is 11.2 Å². The first-order valence-corrected chi connectivity index (χ1v) is 11.4. The standard InChI is InChI=1S/C24H30O6/c1-21-7-4-14(25)10-13(21)11-15(20(27)28-3)19-16-5-8-23(9-6-18(26)30-23)22(16,2)12-17-24(19,21)29-17/h10,15-17,19H,4-9,11-12H2,1-3H3/t15?,16?,17?,19?,21-,22-,23+,24?/m0/s1. The Hall–Kier alpha value is -1.69. The van der Waals surface area contributed by atoms with Gasteiger partial charge in [0.2, 0.25) is 0 Å². The minimum absolute atomic E-state index is 0.0303. The number of epoxide rings is 1. The van der Waals surface area contributed by atoms with Gasteiger partial charge in [-0.1, -0.05) is 19.4 Å². The summed E-state index contributed by atoms with van der Waals surface area (Å²) in [6, 6.07) is 0. The molecule has 6 heteroatoms. The van der Waals surface area contributed by atoms with Crippen molar-refractivity contribution >= 4 is 17.7 Å². The fourth-order valence-corrected chi connectivity index (χ4v) is 8.69. The molecule has 8 atom stereocenters. The monoisotopic (exact) mass is 414 g/mol. The maximum atomic E-state index is 13.0. The summed E-state index contributed by atoms with van der Waals surface area (Å²) in [6.45, 7) is 4.51. The van der Waals surface area contributed by atoms with Gasteiger partial charge in [-0.3, -0.25) is 14.4 Å². The van der Waals surface area contributed by atoms with Crippen LogP contribution in [0.3, 0.4) is 0 Å². The summed E-state index contributed by atoms with van der Waals surface area (Å²) in [5.74, 6) is -0.201. The van der Waals surface area contributed by atoms with Crippen molar-refractivity contribution in [3.05, 3.63) is 11.6 Å². The number of ketones is 1. The van der Waals surface area contributed by atoms with Crippen molar-refractivity contribution in [3.63, 3.8) is 0 Å². The molecule has 2 heterocycles. The normalized spacial score (nSPS) is 53.2. The average Bonchev–Trinajstić information content (AvgIpc) is 3.20. The lowest BCUT2D eigenvalue weighted by Crippen LogP contribution is -2.63. The maximum Gasteiger partial charge on any atom is 0.309 e. The molecule has 5 unspecified atom stereocenters. The van der Waals surface area contributed by atoms with Crippen LogP contribution >= 0.6 is 0 Å². The predicted molar refractivity (Wildman–Crippen MR) is 105 cm³/mol. The molecule has 0 amide bonds. The minimum Gasteiger partial charge on any atom is -0.469 e. The average molecular weight is 414 g/mol. The highest BCUT2D eigenvalue weighted by Crippen LogP contribution is 2.78. The second kappa shape index (κ2) is 5.56. The lowest BCUT2D eigenvalue weighted by molar-refractivity contribution is -0.172. The van der Waals surface area contributed by atoms with Crippen LogP contribution in [0.4, 0.5) is 0 Å². The first-order valence-electron chi connectivity index (χ1n) is 11.4. The molecule has 2 saturated heterocycles. The molecule has 0 aromatic heterocycles. The first kappa shape index (κ1) is 19.0. The Morgan fingerprint density at radius 3 is 2.67 bits per heavy atom. The highest BCUT2D eigenvalue weighted by Gasteiger charge is 2.83. The number of hydrogen-bond donors (Lipinski definition) is 0. The van der Waals surface area contributed by atoms with E-state index in [2.05, 4.69) is 13.8 Å². The molecule has 6 aliphatic rings. The Morgan fingerprint density at radius 1 is 1.17 bits per heavy atom. The summed E-state index contributed by atoms with van der Waals surface area (Å²) in [7, 11) is 1.45. The fourth-order valence-electron chi connectivity index (χ4n) is 8.69. The van der Waals surface area contributed by atoms with Crippen molar-refractivity contribution in [3.8, 4) is 0 Å². The molecule has 0 radical (unpaired) electrons. The molecule has 4 aliphatic carbocycles. The Kier molecular flexibility index (Phi) is 3.53. The van der Waals surface area contributed by atoms with Crippen LogP contribution in [0.1, 0.15) is 65.2 Å². The van der Waals surface area contributed by atoms with E-state index in [4.69, 9.17) is 14.2 Å². The van der Waals surface area contributed by atoms with Gasteiger partial charge in [0.15, 0.2) is 5.78 Å². The van der Waals surface area contributed by atoms with Crippen molar-refractivity contribution in [1.29, 1.82) is 0 Å². The van der Waals surface area contributed by atoms with Crippen LogP contribution in [0.15, 0.2) is 11.6 Å². The van der Waals surface area contributed by atoms with Crippen molar-refractivity contribution in [2.24, 2.45) is 28.6 Å². The van der Waals surface area contributed by atoms with Gasteiger partial charge in [-0.2, -0.15) is 0 Å². The highest BCUT2D eigenvalue weighted by atomic mass is 16.6. The third-order valence-corrected chi connectivity index (χ3v) is 10.2. The summed E-state index contributed by atoms with van der Waals surface area (Å²) in [5.41, 5.74) is -0.175. The molecule has 2 spiro atoms. The van der Waals surface area contributed by atoms with Crippen molar-refractivity contribution in [2.45, 2.75) is 82.5 Å². The smallest absolute Gasteiger partial charge is 0.309 e. The number of esters is 2. The molecule has 6 rings (SSSR count). The molecule has 30 heavy (non-hydrogen) atoms. The Bertz CT molecular complexity index is 907. The van der Waals surface area contributed by atoms with E-state index in [1.165, 1.54) is 7.11 Å². The van der Waals surface area contributed by atoms with E-state index in [-0.39, 0.29) is 52.4 Å². The number of rotatable bonds is 1. The van der Waals surface area contributed by atoms with E-state index in [0.717, 1.165) is 37.7 Å². The zero-order valence-electron chi connectivity index (χ0n) is 18.0. The molecule has 6 nitrogen and oxygen atoms in total. The van der Waals surface area contributed by atoms with E-state index >= 15 is 0 Å². The van der Waals surface area contributed by atoms with Crippen molar-refractivity contribution in [2.75, 3.05) is 7.11 Å². The second-order valence-corrected chi connectivity index (χ2v) is 11.0. The van der Waals surface area contributed by atoms with Crippen LogP contribution in [-0.4, -0.2) is 42.1 Å². The number of methoxy groups -OCH3 is 1. The summed E-state index contributed by atoms with van der Waals surface area (Å²) in [6.07, 6.45) is 7.61. The number of ether oxygens (including phenoxy) is 3. The van der Waals surface area contributed by atoms with Gasteiger partial charge in [-0.15, -0.1) is 0 Å². The van der Waals surface area contributed by atoms with E-state index in [1.807, 2.05) is 0 Å². The Balaban J connectivity index is 1.49. The fraction of sp³-hybridized carbons (Fsp3) is 0.792. The quantitative estimate of drug-likeness (QED) is 0.484. The van der Waals surface area contributed by atoms with Gasteiger partial charge in [-0.25, -0.2) is 0 Å². The van der Waals surface area contributed by atoms with Gasteiger partial charge in [0, 0.05) is 29.6 Å². The van der Waals surface area contributed by atoms with Gasteiger partial charge in [0.25, 0.3) is 0 Å². The first-order chi connectivity index (χ1) is 14.2. The third-order valence-electron chi connectivity index (χ3n) is 10.2. The van der Waals surface area contributed by atoms with Gasteiger partial charge in [-0.05, 0) is 50.5 Å². The van der Waals surface area contributed by atoms with Gasteiger partial charge in [0.1, 0.15) is 11.2 Å². The number of hydrogen-bond acceptors (Lipinski definition) is 6. The van der Waals surface area contributed by atoms with Gasteiger partial charge >= 0.3 is 11.9 Å². The summed E-state index contributed by atoms with van der Waals surface area (Å²) < 4.78 is 17.9.